The molecular weight excluding hydrogens is 284 g/mol. The lowest BCUT2D eigenvalue weighted by atomic mass is 10.1. The lowest BCUT2D eigenvalue weighted by Crippen LogP contribution is -2.29. The molecule has 0 radical (unpaired) electrons. The number of esters is 1. The number of hydrogen-bond donors (Lipinski definition) is 0. The Labute approximate surface area is 121 Å². The minimum Gasteiger partial charge on any atom is -0.465 e. The summed E-state index contributed by atoms with van der Waals surface area (Å²) in [5.74, 6) is -0.903. The second-order valence-electron chi connectivity index (χ2n) is 4.18. The summed E-state index contributed by atoms with van der Waals surface area (Å²) >= 11 is 0. The summed E-state index contributed by atoms with van der Waals surface area (Å²) in [6.45, 7) is -0.802. The molecular formula is C14H17F2NO4. The molecule has 0 aliphatic rings. The minimum absolute atomic E-state index is 0.0568. The quantitative estimate of drug-likeness (QED) is 0.572. The molecule has 0 fully saturated rings. The number of carbonyl (C=O) groups excluding carboxylic acids is 2. The monoisotopic (exact) mass is 301 g/mol. The zero-order valence-corrected chi connectivity index (χ0v) is 11.8. The van der Waals surface area contributed by atoms with Crippen LogP contribution in [0.3, 0.4) is 0 Å². The molecule has 1 aromatic rings. The zero-order valence-electron chi connectivity index (χ0n) is 11.8. The Morgan fingerprint density at radius 1 is 1.29 bits per heavy atom. The number of anilines is 1. The first kappa shape index (κ1) is 17.0. The summed E-state index contributed by atoms with van der Waals surface area (Å²) in [6.07, 6.45) is -2.61. The molecule has 1 rings (SSSR count). The van der Waals surface area contributed by atoms with Crippen LogP contribution < -0.4 is 4.90 Å². The van der Waals surface area contributed by atoms with Gasteiger partial charge in [0.2, 0.25) is 5.91 Å². The van der Waals surface area contributed by atoms with E-state index in [1.165, 1.54) is 25.1 Å². The lowest BCUT2D eigenvalue weighted by Gasteiger charge is -2.19. The van der Waals surface area contributed by atoms with Gasteiger partial charge in [0, 0.05) is 7.05 Å². The highest BCUT2D eigenvalue weighted by molar-refractivity contribution is 6.02. The van der Waals surface area contributed by atoms with Crippen LogP contribution in [-0.4, -0.2) is 45.7 Å². The molecule has 116 valence electrons. The summed E-state index contributed by atoms with van der Waals surface area (Å²) in [6, 6.07) is 6.47. The van der Waals surface area contributed by atoms with Crippen molar-refractivity contribution in [3.8, 4) is 0 Å². The molecule has 0 saturated carbocycles. The van der Waals surface area contributed by atoms with Crippen LogP contribution in [-0.2, 0) is 14.3 Å². The van der Waals surface area contributed by atoms with E-state index in [2.05, 4.69) is 9.47 Å². The van der Waals surface area contributed by atoms with Gasteiger partial charge < -0.3 is 14.4 Å². The van der Waals surface area contributed by atoms with Crippen LogP contribution in [0.2, 0.25) is 0 Å². The van der Waals surface area contributed by atoms with Crippen LogP contribution in [0.25, 0.3) is 0 Å². The molecule has 0 bridgehead atoms. The van der Waals surface area contributed by atoms with Crippen molar-refractivity contribution in [2.75, 3.05) is 32.3 Å². The highest BCUT2D eigenvalue weighted by Crippen LogP contribution is 2.20. The van der Waals surface area contributed by atoms with E-state index < -0.39 is 19.0 Å². The fourth-order valence-electron chi connectivity index (χ4n) is 1.68. The van der Waals surface area contributed by atoms with Gasteiger partial charge in [-0.1, -0.05) is 12.1 Å². The number of halogens is 2. The zero-order chi connectivity index (χ0) is 15.8. The maximum atomic E-state index is 12.0. The molecule has 0 atom stereocenters. The molecule has 0 spiro atoms. The molecule has 0 saturated heterocycles. The largest absolute Gasteiger partial charge is 0.465 e. The Morgan fingerprint density at radius 2 is 1.95 bits per heavy atom. The second-order valence-corrected chi connectivity index (χ2v) is 4.18. The molecule has 0 aromatic heterocycles. The molecule has 0 unspecified atom stereocenters. The minimum atomic E-state index is -2.56. The third-order valence-electron chi connectivity index (χ3n) is 2.75. The van der Waals surface area contributed by atoms with E-state index >= 15 is 0 Å². The summed E-state index contributed by atoms with van der Waals surface area (Å²) in [5.41, 5.74) is 0.646. The molecule has 0 heterocycles. The van der Waals surface area contributed by atoms with Crippen LogP contribution in [0.5, 0.6) is 0 Å². The Bertz CT molecular complexity index is 494. The number of alkyl halides is 2. The molecule has 0 N–H and O–H groups in total. The van der Waals surface area contributed by atoms with E-state index in [4.69, 9.17) is 0 Å². The van der Waals surface area contributed by atoms with E-state index in [0.717, 1.165) is 0 Å². The Balaban J connectivity index is 2.68. The normalized spacial score (nSPS) is 10.5. The van der Waals surface area contributed by atoms with Gasteiger partial charge in [0.05, 0.1) is 31.4 Å². The number of benzene rings is 1. The number of para-hydroxylation sites is 1. The molecule has 1 aromatic carbocycles. The fraction of sp³-hybridized carbons (Fsp3) is 0.429. The van der Waals surface area contributed by atoms with Crippen LogP contribution in [0.4, 0.5) is 14.5 Å². The Kier molecular flexibility index (Phi) is 6.74. The topological polar surface area (TPSA) is 55.8 Å². The first-order valence-corrected chi connectivity index (χ1v) is 6.27. The number of carbonyl (C=O) groups is 2. The van der Waals surface area contributed by atoms with Crippen molar-refractivity contribution >= 4 is 17.6 Å². The van der Waals surface area contributed by atoms with E-state index in [9.17, 15) is 18.4 Å². The Morgan fingerprint density at radius 3 is 2.57 bits per heavy atom. The summed E-state index contributed by atoms with van der Waals surface area (Å²) in [7, 11) is 2.75. The number of nitrogens with zero attached hydrogens (tertiary/aromatic N) is 1. The van der Waals surface area contributed by atoms with E-state index in [-0.39, 0.29) is 24.5 Å². The summed E-state index contributed by atoms with van der Waals surface area (Å²) in [5, 5.41) is 0. The molecule has 0 aliphatic heterocycles. The maximum absolute atomic E-state index is 12.0. The number of amides is 1. The Hall–Kier alpha value is -2.02. The molecule has 0 aliphatic carbocycles. The third-order valence-corrected chi connectivity index (χ3v) is 2.75. The van der Waals surface area contributed by atoms with Gasteiger partial charge in [-0.05, 0) is 12.1 Å². The SMILES string of the molecule is COC(=O)c1ccccc1N(C)C(=O)CCOCC(F)F. The van der Waals surface area contributed by atoms with E-state index in [0.29, 0.717) is 5.69 Å². The molecule has 5 nitrogen and oxygen atoms in total. The smallest absolute Gasteiger partial charge is 0.339 e. The fourth-order valence-corrected chi connectivity index (χ4v) is 1.68. The van der Waals surface area contributed by atoms with Crippen molar-refractivity contribution in [3.05, 3.63) is 29.8 Å². The van der Waals surface area contributed by atoms with Crippen molar-refractivity contribution in [2.24, 2.45) is 0 Å². The van der Waals surface area contributed by atoms with Crippen molar-refractivity contribution in [3.63, 3.8) is 0 Å². The van der Waals surface area contributed by atoms with Crippen molar-refractivity contribution in [1.82, 2.24) is 0 Å². The summed E-state index contributed by atoms with van der Waals surface area (Å²) < 4.78 is 33.1. The lowest BCUT2D eigenvalue weighted by molar-refractivity contribution is -0.119. The number of methoxy groups -OCH3 is 1. The van der Waals surface area contributed by atoms with Gasteiger partial charge in [0.1, 0.15) is 6.61 Å². The van der Waals surface area contributed by atoms with Gasteiger partial charge in [-0.2, -0.15) is 0 Å². The average molecular weight is 301 g/mol. The van der Waals surface area contributed by atoms with Gasteiger partial charge in [-0.3, -0.25) is 4.79 Å². The molecule has 21 heavy (non-hydrogen) atoms. The first-order valence-electron chi connectivity index (χ1n) is 6.27. The predicted octanol–water partition coefficient (Wildman–Crippen LogP) is 2.11. The summed E-state index contributed by atoms with van der Waals surface area (Å²) in [4.78, 5) is 24.9. The molecule has 7 heteroatoms. The average Bonchev–Trinajstić information content (AvgIpc) is 2.49. The number of rotatable bonds is 7. The third kappa shape index (κ3) is 5.11. The van der Waals surface area contributed by atoms with E-state index in [1.54, 1.807) is 18.2 Å². The van der Waals surface area contributed by atoms with Gasteiger partial charge in [0.15, 0.2) is 0 Å². The van der Waals surface area contributed by atoms with Crippen LogP contribution in [0, 0.1) is 0 Å². The van der Waals surface area contributed by atoms with Gasteiger partial charge in [0.25, 0.3) is 6.43 Å². The first-order chi connectivity index (χ1) is 9.97. The van der Waals surface area contributed by atoms with Crippen molar-refractivity contribution in [1.29, 1.82) is 0 Å². The van der Waals surface area contributed by atoms with E-state index in [1.807, 2.05) is 0 Å². The van der Waals surface area contributed by atoms with Crippen LogP contribution in [0.1, 0.15) is 16.8 Å². The van der Waals surface area contributed by atoms with Gasteiger partial charge >= 0.3 is 5.97 Å². The van der Waals surface area contributed by atoms with Crippen molar-refractivity contribution < 1.29 is 27.8 Å². The predicted molar refractivity (Wildman–Crippen MR) is 72.6 cm³/mol. The standard InChI is InChI=1S/C14H17F2NO4/c1-17(13(18)7-8-21-9-12(15)16)11-6-4-3-5-10(11)14(19)20-2/h3-6,12H,7-9H2,1-2H3. The maximum Gasteiger partial charge on any atom is 0.339 e. The highest BCUT2D eigenvalue weighted by atomic mass is 19.3. The second kappa shape index (κ2) is 8.31. The van der Waals surface area contributed by atoms with Crippen LogP contribution >= 0.6 is 0 Å². The highest BCUT2D eigenvalue weighted by Gasteiger charge is 2.18. The van der Waals surface area contributed by atoms with Crippen molar-refractivity contribution in [2.45, 2.75) is 12.8 Å². The number of ether oxygens (including phenoxy) is 2. The van der Waals surface area contributed by atoms with Gasteiger partial charge in [-0.15, -0.1) is 0 Å². The molecule has 1 amide bonds. The number of hydrogen-bond acceptors (Lipinski definition) is 4. The van der Waals surface area contributed by atoms with Crippen LogP contribution in [0.15, 0.2) is 24.3 Å². The van der Waals surface area contributed by atoms with Gasteiger partial charge in [-0.25, -0.2) is 13.6 Å².